The first kappa shape index (κ1) is 20.3. The van der Waals surface area contributed by atoms with Crippen LogP contribution in [0.5, 0.6) is 11.5 Å². The van der Waals surface area contributed by atoms with Gasteiger partial charge in [0.2, 0.25) is 0 Å². The highest BCUT2D eigenvalue weighted by atomic mass is 35.5. The van der Waals surface area contributed by atoms with Crippen molar-refractivity contribution in [3.8, 4) is 11.5 Å². The smallest absolute Gasteiger partial charge is 0.425 e. The summed E-state index contributed by atoms with van der Waals surface area (Å²) in [6, 6.07) is 6.63. The molecule has 0 aliphatic rings. The van der Waals surface area contributed by atoms with Crippen molar-refractivity contribution < 1.29 is 28.4 Å². The number of hydrogen-bond acceptors (Lipinski definition) is 4. The maximum absolute atomic E-state index is 12.0. The van der Waals surface area contributed by atoms with E-state index in [1.807, 2.05) is 0 Å². The lowest BCUT2D eigenvalue weighted by Crippen LogP contribution is -2.11. The minimum atomic E-state index is -4.73. The summed E-state index contributed by atoms with van der Waals surface area (Å²) in [4.78, 5) is 29.5. The Morgan fingerprint density at radius 3 is 2.12 bits per heavy atom. The molecule has 25 heavy (non-hydrogen) atoms. The molecule has 0 amide bonds. The number of halogens is 4. The van der Waals surface area contributed by atoms with Gasteiger partial charge in [0.1, 0.15) is 5.75 Å². The van der Waals surface area contributed by atoms with E-state index in [-0.39, 0.29) is 38.0 Å². The van der Waals surface area contributed by atoms with E-state index in [0.717, 1.165) is 0 Å². The lowest BCUT2D eigenvalue weighted by atomic mass is 10.1. The Hall–Kier alpha value is -0.980. The first-order valence-corrected chi connectivity index (χ1v) is 9.48. The monoisotopic (exact) mass is 444 g/mol. The Kier molecular flexibility index (Phi) is 6.62. The van der Waals surface area contributed by atoms with Gasteiger partial charge in [-0.2, -0.15) is 0 Å². The summed E-state index contributed by atoms with van der Waals surface area (Å²) in [6.07, 6.45) is -0.174. The quantitative estimate of drug-likeness (QED) is 0.293. The van der Waals surface area contributed by atoms with Crippen molar-refractivity contribution in [1.82, 2.24) is 0 Å². The zero-order valence-electron chi connectivity index (χ0n) is 12.1. The molecular formula is C14H9Cl4O6P. The van der Waals surface area contributed by atoms with Gasteiger partial charge >= 0.3 is 13.8 Å². The number of carbonyl (C=O) groups excluding carboxylic acids is 1. The minimum Gasteiger partial charge on any atom is -0.425 e. The van der Waals surface area contributed by atoms with Crippen LogP contribution < -0.4 is 9.26 Å². The molecule has 2 N–H and O–H groups in total. The summed E-state index contributed by atoms with van der Waals surface area (Å²) in [6.45, 7) is 0. The normalized spacial score (nSPS) is 11.3. The van der Waals surface area contributed by atoms with Crippen molar-refractivity contribution in [1.29, 1.82) is 0 Å². The Morgan fingerprint density at radius 1 is 0.920 bits per heavy atom. The van der Waals surface area contributed by atoms with E-state index in [4.69, 9.17) is 60.9 Å². The highest BCUT2D eigenvalue weighted by molar-refractivity contribution is 7.46. The Balaban J connectivity index is 2.10. The van der Waals surface area contributed by atoms with E-state index in [0.29, 0.717) is 5.56 Å². The molecule has 2 aromatic carbocycles. The summed E-state index contributed by atoms with van der Waals surface area (Å²) in [5.41, 5.74) is 0.434. The number of esters is 1. The molecule has 0 saturated carbocycles. The SMILES string of the molecule is O=C(Cc1ccc(OP(=O)(O)O)c(Cl)c1)Oc1cc(Cl)c(Cl)cc1Cl. The van der Waals surface area contributed by atoms with Crippen LogP contribution in [0.3, 0.4) is 0 Å². The second kappa shape index (κ2) is 8.14. The number of carbonyl (C=O) groups is 1. The fourth-order valence-corrected chi connectivity index (χ4v) is 3.05. The van der Waals surface area contributed by atoms with Crippen LogP contribution in [0.4, 0.5) is 0 Å². The van der Waals surface area contributed by atoms with Crippen molar-refractivity contribution in [2.45, 2.75) is 6.42 Å². The summed E-state index contributed by atoms with van der Waals surface area (Å²) in [5.74, 6) is -0.812. The molecule has 0 spiro atoms. The summed E-state index contributed by atoms with van der Waals surface area (Å²) >= 11 is 23.4. The third kappa shape index (κ3) is 6.04. The van der Waals surface area contributed by atoms with Gasteiger partial charge in [0, 0.05) is 6.07 Å². The third-order valence-corrected chi connectivity index (χ3v) is 4.51. The molecule has 134 valence electrons. The molecule has 0 fully saturated rings. The van der Waals surface area contributed by atoms with Crippen LogP contribution in [0, 0.1) is 0 Å². The molecule has 0 saturated heterocycles. The van der Waals surface area contributed by atoms with Crippen molar-refractivity contribution >= 4 is 60.2 Å². The lowest BCUT2D eigenvalue weighted by molar-refractivity contribution is -0.133. The van der Waals surface area contributed by atoms with Crippen LogP contribution in [0.2, 0.25) is 20.1 Å². The first-order valence-electron chi connectivity index (χ1n) is 6.44. The summed E-state index contributed by atoms with van der Waals surface area (Å²) in [7, 11) is -4.73. The van der Waals surface area contributed by atoms with Gasteiger partial charge in [-0.1, -0.05) is 52.5 Å². The van der Waals surface area contributed by atoms with Crippen LogP contribution in [0.1, 0.15) is 5.56 Å². The van der Waals surface area contributed by atoms with Crippen LogP contribution in [-0.4, -0.2) is 15.8 Å². The van der Waals surface area contributed by atoms with Gasteiger partial charge in [-0.25, -0.2) is 4.57 Å². The van der Waals surface area contributed by atoms with E-state index in [2.05, 4.69) is 4.52 Å². The molecule has 0 aliphatic heterocycles. The number of ether oxygens (including phenoxy) is 1. The zero-order chi connectivity index (χ0) is 18.8. The van der Waals surface area contributed by atoms with E-state index in [1.165, 1.54) is 30.3 Å². The van der Waals surface area contributed by atoms with E-state index in [1.54, 1.807) is 0 Å². The van der Waals surface area contributed by atoms with Crippen LogP contribution in [0.25, 0.3) is 0 Å². The van der Waals surface area contributed by atoms with E-state index in [9.17, 15) is 9.36 Å². The van der Waals surface area contributed by atoms with Crippen LogP contribution >= 0.6 is 54.2 Å². The zero-order valence-corrected chi connectivity index (χ0v) is 16.0. The van der Waals surface area contributed by atoms with Crippen molar-refractivity contribution in [2.75, 3.05) is 0 Å². The van der Waals surface area contributed by atoms with Crippen LogP contribution in [0.15, 0.2) is 30.3 Å². The highest BCUT2D eigenvalue weighted by Crippen LogP contribution is 2.41. The number of phosphoric acid groups is 1. The Morgan fingerprint density at radius 2 is 1.52 bits per heavy atom. The van der Waals surface area contributed by atoms with Gasteiger partial charge in [0.25, 0.3) is 0 Å². The molecule has 0 bridgehead atoms. The van der Waals surface area contributed by atoms with Gasteiger partial charge in [-0.05, 0) is 23.8 Å². The number of rotatable bonds is 5. The largest absolute Gasteiger partial charge is 0.524 e. The fourth-order valence-electron chi connectivity index (χ4n) is 1.76. The van der Waals surface area contributed by atoms with Crippen molar-refractivity contribution in [3.05, 3.63) is 56.0 Å². The lowest BCUT2D eigenvalue weighted by Gasteiger charge is -2.10. The fraction of sp³-hybridized carbons (Fsp3) is 0.0714. The molecule has 0 unspecified atom stereocenters. The average molecular weight is 446 g/mol. The first-order chi connectivity index (χ1) is 11.5. The molecule has 0 radical (unpaired) electrons. The molecule has 0 atom stereocenters. The maximum atomic E-state index is 12.0. The topological polar surface area (TPSA) is 93.1 Å². The molecule has 2 rings (SSSR count). The van der Waals surface area contributed by atoms with Gasteiger partial charge < -0.3 is 9.26 Å². The molecule has 0 aromatic heterocycles. The molecule has 6 nitrogen and oxygen atoms in total. The molecule has 11 heteroatoms. The Labute approximate surface area is 162 Å². The van der Waals surface area contributed by atoms with Gasteiger partial charge in [0.15, 0.2) is 5.75 Å². The second-order valence-electron chi connectivity index (χ2n) is 4.69. The van der Waals surface area contributed by atoms with Gasteiger partial charge in [0.05, 0.1) is 26.5 Å². The second-order valence-corrected chi connectivity index (χ2v) is 7.49. The molecule has 0 heterocycles. The predicted octanol–water partition coefficient (Wildman–Crippen LogP) is 4.92. The predicted molar refractivity (Wildman–Crippen MR) is 94.9 cm³/mol. The Bertz CT molecular complexity index is 867. The maximum Gasteiger partial charge on any atom is 0.524 e. The minimum absolute atomic E-state index is 0.0496. The van der Waals surface area contributed by atoms with Crippen LogP contribution in [-0.2, 0) is 15.8 Å². The third-order valence-electron chi connectivity index (χ3n) is 2.76. The summed E-state index contributed by atoms with van der Waals surface area (Å²) < 4.78 is 20.3. The van der Waals surface area contributed by atoms with E-state index >= 15 is 0 Å². The van der Waals surface area contributed by atoms with Gasteiger partial charge in [-0.15, -0.1) is 0 Å². The van der Waals surface area contributed by atoms with E-state index < -0.39 is 13.8 Å². The van der Waals surface area contributed by atoms with Crippen molar-refractivity contribution in [3.63, 3.8) is 0 Å². The standard InChI is InChI=1S/C14H9Cl4O6P/c15-8-5-11(18)13(6-9(8)16)23-14(19)4-7-1-2-12(10(17)3-7)24-25(20,21)22/h1-3,5-6H,4H2,(H2,20,21,22). The number of hydrogen-bond donors (Lipinski definition) is 2. The highest BCUT2D eigenvalue weighted by Gasteiger charge is 2.19. The van der Waals surface area contributed by atoms with Gasteiger partial charge in [-0.3, -0.25) is 14.6 Å². The number of benzene rings is 2. The molecule has 2 aromatic rings. The average Bonchev–Trinajstić information content (AvgIpc) is 2.46. The summed E-state index contributed by atoms with van der Waals surface area (Å²) in [5, 5.41) is 0.446. The molecular weight excluding hydrogens is 437 g/mol. The number of phosphoric ester groups is 1. The molecule has 0 aliphatic carbocycles. The van der Waals surface area contributed by atoms with Crippen molar-refractivity contribution in [2.24, 2.45) is 0 Å².